The summed E-state index contributed by atoms with van der Waals surface area (Å²) in [5, 5.41) is 3.72. The third-order valence-corrected chi connectivity index (χ3v) is 4.17. The van der Waals surface area contributed by atoms with Gasteiger partial charge in [0.25, 0.3) is 0 Å². The highest BCUT2D eigenvalue weighted by Gasteiger charge is 2.29. The van der Waals surface area contributed by atoms with Crippen molar-refractivity contribution in [2.75, 3.05) is 26.2 Å². The molecule has 2 atom stereocenters. The topological polar surface area (TPSA) is 24.5 Å². The highest BCUT2D eigenvalue weighted by Crippen LogP contribution is 2.24. The van der Waals surface area contributed by atoms with Crippen molar-refractivity contribution in [1.29, 1.82) is 0 Å². The molecule has 3 heteroatoms. The third kappa shape index (κ3) is 6.55. The largest absolute Gasteiger partial charge is 0.374 e. The summed E-state index contributed by atoms with van der Waals surface area (Å²) in [5.41, 5.74) is 0.401. The summed E-state index contributed by atoms with van der Waals surface area (Å²) in [5.74, 6) is 0. The van der Waals surface area contributed by atoms with Crippen LogP contribution in [-0.2, 0) is 4.74 Å². The second kappa shape index (κ2) is 8.35. The Balaban J connectivity index is 2.56. The zero-order chi connectivity index (χ0) is 15.2. The minimum Gasteiger partial charge on any atom is -0.374 e. The van der Waals surface area contributed by atoms with Crippen molar-refractivity contribution in [2.45, 2.75) is 79.0 Å². The van der Waals surface area contributed by atoms with E-state index in [9.17, 15) is 0 Å². The first kappa shape index (κ1) is 17.9. The fourth-order valence-corrected chi connectivity index (χ4v) is 2.75. The van der Waals surface area contributed by atoms with E-state index >= 15 is 0 Å². The summed E-state index contributed by atoms with van der Waals surface area (Å²) in [6.07, 6.45) is 3.99. The lowest BCUT2D eigenvalue weighted by Crippen LogP contribution is -2.54. The fraction of sp³-hybridized carbons (Fsp3) is 1.00. The highest BCUT2D eigenvalue weighted by molar-refractivity contribution is 4.85. The van der Waals surface area contributed by atoms with Crippen molar-refractivity contribution in [3.05, 3.63) is 0 Å². The normalized spacial score (nSPS) is 23.2. The van der Waals surface area contributed by atoms with Crippen LogP contribution in [0, 0.1) is 5.41 Å². The van der Waals surface area contributed by atoms with Gasteiger partial charge in [-0.3, -0.25) is 4.90 Å². The molecule has 1 saturated heterocycles. The van der Waals surface area contributed by atoms with Gasteiger partial charge in [-0.2, -0.15) is 0 Å². The Hall–Kier alpha value is -0.120. The molecule has 0 bridgehead atoms. The second-order valence-corrected chi connectivity index (χ2v) is 7.66. The quantitative estimate of drug-likeness (QED) is 0.776. The lowest BCUT2D eigenvalue weighted by atomic mass is 9.87. The average Bonchev–Trinajstić information content (AvgIpc) is 2.38. The van der Waals surface area contributed by atoms with Crippen molar-refractivity contribution >= 4 is 0 Å². The zero-order valence-electron chi connectivity index (χ0n) is 14.5. The van der Waals surface area contributed by atoms with Gasteiger partial charge in [-0.15, -0.1) is 0 Å². The summed E-state index contributed by atoms with van der Waals surface area (Å²) in [7, 11) is 0. The predicted octanol–water partition coefficient (Wildman–Crippen LogP) is 3.29. The smallest absolute Gasteiger partial charge is 0.0855 e. The van der Waals surface area contributed by atoms with Crippen LogP contribution in [0.25, 0.3) is 0 Å². The van der Waals surface area contributed by atoms with Gasteiger partial charge >= 0.3 is 0 Å². The van der Waals surface area contributed by atoms with Crippen molar-refractivity contribution in [3.8, 4) is 0 Å². The molecule has 1 fully saturated rings. The van der Waals surface area contributed by atoms with Crippen LogP contribution in [0.15, 0.2) is 0 Å². The van der Waals surface area contributed by atoms with Gasteiger partial charge in [0.05, 0.1) is 12.7 Å². The Kier molecular flexibility index (Phi) is 7.49. The predicted molar refractivity (Wildman–Crippen MR) is 87.2 cm³/mol. The zero-order valence-corrected chi connectivity index (χ0v) is 14.5. The minimum atomic E-state index is 0.347. The molecule has 0 amide bonds. The first-order valence-electron chi connectivity index (χ1n) is 8.42. The molecule has 20 heavy (non-hydrogen) atoms. The molecule has 1 rings (SSSR count). The number of morpholine rings is 1. The van der Waals surface area contributed by atoms with E-state index in [0.717, 1.165) is 26.2 Å². The second-order valence-electron chi connectivity index (χ2n) is 7.66. The van der Waals surface area contributed by atoms with E-state index in [2.05, 4.69) is 51.8 Å². The molecule has 2 unspecified atom stereocenters. The molecule has 0 aromatic carbocycles. The van der Waals surface area contributed by atoms with Crippen LogP contribution in [0.1, 0.15) is 60.8 Å². The van der Waals surface area contributed by atoms with Gasteiger partial charge in [-0.05, 0) is 45.1 Å². The molecule has 1 N–H and O–H groups in total. The van der Waals surface area contributed by atoms with E-state index in [4.69, 9.17) is 4.74 Å². The van der Waals surface area contributed by atoms with E-state index in [-0.39, 0.29) is 0 Å². The molecule has 0 aliphatic carbocycles. The van der Waals surface area contributed by atoms with Crippen molar-refractivity contribution in [1.82, 2.24) is 10.2 Å². The summed E-state index contributed by atoms with van der Waals surface area (Å²) in [4.78, 5) is 2.55. The van der Waals surface area contributed by atoms with E-state index in [0.29, 0.717) is 23.6 Å². The van der Waals surface area contributed by atoms with Gasteiger partial charge < -0.3 is 10.1 Å². The van der Waals surface area contributed by atoms with Crippen LogP contribution in [-0.4, -0.2) is 49.3 Å². The van der Waals surface area contributed by atoms with Gasteiger partial charge in [0.15, 0.2) is 0 Å². The number of rotatable bonds is 7. The molecular formula is C17H36N2O. The molecule has 3 nitrogen and oxygen atoms in total. The highest BCUT2D eigenvalue weighted by atomic mass is 16.5. The average molecular weight is 284 g/mol. The summed E-state index contributed by atoms with van der Waals surface area (Å²) in [6.45, 7) is 17.9. The number of nitrogens with zero attached hydrogens (tertiary/aromatic N) is 1. The van der Waals surface area contributed by atoms with Crippen molar-refractivity contribution in [2.24, 2.45) is 5.41 Å². The van der Waals surface area contributed by atoms with Crippen molar-refractivity contribution < 1.29 is 4.74 Å². The van der Waals surface area contributed by atoms with Crippen LogP contribution in [0.3, 0.4) is 0 Å². The van der Waals surface area contributed by atoms with Crippen LogP contribution < -0.4 is 5.32 Å². The molecule has 1 aliphatic heterocycles. The molecule has 1 aliphatic rings. The Labute approximate surface area is 126 Å². The van der Waals surface area contributed by atoms with Crippen molar-refractivity contribution in [3.63, 3.8) is 0 Å². The molecular weight excluding hydrogens is 248 g/mol. The van der Waals surface area contributed by atoms with Crippen LogP contribution in [0.4, 0.5) is 0 Å². The summed E-state index contributed by atoms with van der Waals surface area (Å²) in [6, 6.07) is 1.12. The van der Waals surface area contributed by atoms with Gasteiger partial charge in [-0.1, -0.05) is 27.7 Å². The molecule has 0 saturated carbocycles. The number of nitrogens with one attached hydrogen (secondary N) is 1. The Morgan fingerprint density at radius 2 is 2.00 bits per heavy atom. The molecule has 0 aromatic heterocycles. The third-order valence-electron chi connectivity index (χ3n) is 4.17. The summed E-state index contributed by atoms with van der Waals surface area (Å²) >= 11 is 0. The number of hydrogen-bond donors (Lipinski definition) is 1. The molecule has 0 aromatic rings. The first-order chi connectivity index (χ1) is 9.33. The maximum absolute atomic E-state index is 6.08. The lowest BCUT2D eigenvalue weighted by Gasteiger charge is -2.40. The molecule has 120 valence electrons. The van der Waals surface area contributed by atoms with Gasteiger partial charge in [-0.25, -0.2) is 0 Å². The molecule has 0 spiro atoms. The minimum absolute atomic E-state index is 0.347. The van der Waals surface area contributed by atoms with Crippen LogP contribution >= 0.6 is 0 Å². The van der Waals surface area contributed by atoms with E-state index in [1.54, 1.807) is 0 Å². The maximum atomic E-state index is 6.08. The Bertz CT molecular complexity index is 260. The van der Waals surface area contributed by atoms with Gasteiger partial charge in [0.1, 0.15) is 0 Å². The van der Waals surface area contributed by atoms with Crippen LogP contribution in [0.2, 0.25) is 0 Å². The first-order valence-corrected chi connectivity index (χ1v) is 8.42. The Morgan fingerprint density at radius 3 is 2.55 bits per heavy atom. The van der Waals surface area contributed by atoms with Gasteiger partial charge in [0, 0.05) is 25.2 Å². The molecule has 1 heterocycles. The van der Waals surface area contributed by atoms with E-state index in [1.807, 2.05) is 0 Å². The van der Waals surface area contributed by atoms with E-state index < -0.39 is 0 Å². The lowest BCUT2D eigenvalue weighted by molar-refractivity contribution is -0.0576. The summed E-state index contributed by atoms with van der Waals surface area (Å²) < 4.78 is 6.08. The molecule has 0 radical (unpaired) electrons. The van der Waals surface area contributed by atoms with Gasteiger partial charge in [0.2, 0.25) is 0 Å². The monoisotopic (exact) mass is 284 g/mol. The number of ether oxygens (including phenoxy) is 1. The standard InChI is InChI=1S/C17H36N2O/c1-7-10-18-15(8-9-17(4,5)6)16-13-19(14(2)3)11-12-20-16/h14-16,18H,7-13H2,1-6H3. The SMILES string of the molecule is CCCNC(CCC(C)(C)C)C1CN(C(C)C)CCO1. The fourth-order valence-electron chi connectivity index (χ4n) is 2.75. The maximum Gasteiger partial charge on any atom is 0.0855 e. The van der Waals surface area contributed by atoms with Crippen LogP contribution in [0.5, 0.6) is 0 Å². The number of hydrogen-bond acceptors (Lipinski definition) is 3. The van der Waals surface area contributed by atoms with E-state index in [1.165, 1.54) is 19.3 Å². The Morgan fingerprint density at radius 1 is 1.30 bits per heavy atom.